The van der Waals surface area contributed by atoms with Crippen molar-refractivity contribution in [2.75, 3.05) is 20.2 Å². The largest absolute Gasteiger partial charge is 0.434 e. The molecule has 2 atom stereocenters. The molecule has 0 radical (unpaired) electrons. The molecular formula is C18H21F3N4OS. The van der Waals surface area contributed by atoms with E-state index in [1.54, 1.807) is 7.05 Å². The average Bonchev–Trinajstić information content (AvgIpc) is 3.32. The maximum absolute atomic E-state index is 12.6. The molecule has 0 saturated carbocycles. The van der Waals surface area contributed by atoms with Crippen molar-refractivity contribution in [3.05, 3.63) is 52.0 Å². The molecule has 2 aromatic rings. The van der Waals surface area contributed by atoms with Crippen LogP contribution in [0, 0.1) is 5.92 Å². The van der Waals surface area contributed by atoms with Gasteiger partial charge in [-0.1, -0.05) is 30.3 Å². The molecule has 146 valence electrons. The van der Waals surface area contributed by atoms with Crippen LogP contribution in [-0.2, 0) is 17.5 Å². The van der Waals surface area contributed by atoms with Gasteiger partial charge in [-0.3, -0.25) is 4.99 Å². The van der Waals surface area contributed by atoms with E-state index in [4.69, 9.17) is 4.74 Å². The van der Waals surface area contributed by atoms with Gasteiger partial charge in [0.1, 0.15) is 5.01 Å². The molecule has 0 spiro atoms. The highest BCUT2D eigenvalue weighted by molar-refractivity contribution is 7.09. The fraction of sp³-hybridized carbons (Fsp3) is 0.444. The van der Waals surface area contributed by atoms with Crippen molar-refractivity contribution < 1.29 is 17.9 Å². The van der Waals surface area contributed by atoms with Crippen molar-refractivity contribution in [2.24, 2.45) is 10.9 Å². The maximum atomic E-state index is 12.6. The molecule has 0 aliphatic carbocycles. The van der Waals surface area contributed by atoms with Crippen LogP contribution in [0.25, 0.3) is 0 Å². The quantitative estimate of drug-likeness (QED) is 0.597. The first-order chi connectivity index (χ1) is 13.0. The monoisotopic (exact) mass is 398 g/mol. The highest BCUT2D eigenvalue weighted by atomic mass is 32.1. The smallest absolute Gasteiger partial charge is 0.373 e. The second-order valence-corrected chi connectivity index (χ2v) is 7.12. The predicted molar refractivity (Wildman–Crippen MR) is 98.6 cm³/mol. The van der Waals surface area contributed by atoms with Crippen molar-refractivity contribution in [2.45, 2.75) is 25.2 Å². The van der Waals surface area contributed by atoms with Crippen molar-refractivity contribution >= 4 is 17.3 Å². The maximum Gasteiger partial charge on any atom is 0.434 e. The molecule has 2 N–H and O–H groups in total. The van der Waals surface area contributed by atoms with E-state index in [0.29, 0.717) is 30.0 Å². The van der Waals surface area contributed by atoms with Gasteiger partial charge < -0.3 is 15.4 Å². The Morgan fingerprint density at radius 1 is 1.30 bits per heavy atom. The summed E-state index contributed by atoms with van der Waals surface area (Å²) in [6.07, 6.45) is -3.45. The second kappa shape index (κ2) is 8.71. The topological polar surface area (TPSA) is 58.5 Å². The minimum absolute atomic E-state index is 0.0325. The fourth-order valence-electron chi connectivity index (χ4n) is 2.98. The van der Waals surface area contributed by atoms with Gasteiger partial charge in [0.2, 0.25) is 0 Å². The number of halogens is 3. The molecule has 1 aromatic carbocycles. The highest BCUT2D eigenvalue weighted by Gasteiger charge is 2.33. The van der Waals surface area contributed by atoms with Crippen molar-refractivity contribution in [1.29, 1.82) is 0 Å². The van der Waals surface area contributed by atoms with E-state index in [2.05, 4.69) is 32.7 Å². The summed E-state index contributed by atoms with van der Waals surface area (Å²) in [4.78, 5) is 7.73. The Hall–Kier alpha value is -2.13. The number of hydrogen-bond acceptors (Lipinski definition) is 4. The summed E-state index contributed by atoms with van der Waals surface area (Å²) in [5.74, 6) is 0.820. The van der Waals surface area contributed by atoms with Crippen LogP contribution in [0.4, 0.5) is 13.2 Å². The van der Waals surface area contributed by atoms with E-state index in [9.17, 15) is 13.2 Å². The van der Waals surface area contributed by atoms with E-state index in [-0.39, 0.29) is 12.6 Å². The highest BCUT2D eigenvalue weighted by Crippen LogP contribution is 2.34. The number of nitrogens with zero attached hydrogens (tertiary/aromatic N) is 2. The molecule has 2 unspecified atom stereocenters. The van der Waals surface area contributed by atoms with Crippen LogP contribution in [0.15, 0.2) is 40.7 Å². The first kappa shape index (κ1) is 19.6. The molecule has 1 fully saturated rings. The van der Waals surface area contributed by atoms with Crippen LogP contribution in [0.1, 0.15) is 28.8 Å². The number of alkyl halides is 3. The molecular weight excluding hydrogens is 377 g/mol. The first-order valence-electron chi connectivity index (χ1n) is 8.60. The number of benzene rings is 1. The SMILES string of the molecule is CN=C(NCc1nc(C(F)(F)F)cs1)NCC1CCOC1c1ccccc1. The van der Waals surface area contributed by atoms with Crippen molar-refractivity contribution in [3.63, 3.8) is 0 Å². The van der Waals surface area contributed by atoms with Gasteiger partial charge in [-0.05, 0) is 12.0 Å². The van der Waals surface area contributed by atoms with Crippen LogP contribution in [0.2, 0.25) is 0 Å². The first-order valence-corrected chi connectivity index (χ1v) is 9.48. The minimum Gasteiger partial charge on any atom is -0.373 e. The Balaban J connectivity index is 1.51. The fourth-order valence-corrected chi connectivity index (χ4v) is 3.72. The Morgan fingerprint density at radius 3 is 2.74 bits per heavy atom. The van der Waals surface area contributed by atoms with E-state index in [1.165, 1.54) is 0 Å². The van der Waals surface area contributed by atoms with Crippen molar-refractivity contribution in [1.82, 2.24) is 15.6 Å². The number of thiazole rings is 1. The number of guanidine groups is 1. The summed E-state index contributed by atoms with van der Waals surface area (Å²) >= 11 is 0.974. The van der Waals surface area contributed by atoms with Crippen LogP contribution in [0.3, 0.4) is 0 Å². The van der Waals surface area contributed by atoms with Crippen LogP contribution in [-0.4, -0.2) is 31.1 Å². The number of aromatic nitrogens is 1. The number of nitrogens with one attached hydrogen (secondary N) is 2. The van der Waals surface area contributed by atoms with Gasteiger partial charge in [0.05, 0.1) is 12.6 Å². The summed E-state index contributed by atoms with van der Waals surface area (Å²) in [6, 6.07) is 10.1. The number of rotatable bonds is 5. The zero-order chi connectivity index (χ0) is 19.3. The van der Waals surface area contributed by atoms with Crippen LogP contribution < -0.4 is 10.6 Å². The molecule has 2 heterocycles. The predicted octanol–water partition coefficient (Wildman–Crippen LogP) is 3.60. The third-order valence-corrected chi connectivity index (χ3v) is 5.20. The molecule has 9 heteroatoms. The van der Waals surface area contributed by atoms with Gasteiger partial charge in [-0.2, -0.15) is 13.2 Å². The molecule has 5 nitrogen and oxygen atoms in total. The third-order valence-electron chi connectivity index (χ3n) is 4.35. The van der Waals surface area contributed by atoms with Gasteiger partial charge in [0, 0.05) is 31.5 Å². The molecule has 1 aliphatic heterocycles. The van der Waals surface area contributed by atoms with Gasteiger partial charge in [0.15, 0.2) is 11.7 Å². The Labute approximate surface area is 159 Å². The van der Waals surface area contributed by atoms with Gasteiger partial charge in [0.25, 0.3) is 0 Å². The summed E-state index contributed by atoms with van der Waals surface area (Å²) in [6.45, 7) is 1.55. The Kier molecular flexibility index (Phi) is 6.33. The van der Waals surface area contributed by atoms with Gasteiger partial charge >= 0.3 is 6.18 Å². The number of hydrogen-bond donors (Lipinski definition) is 2. The van der Waals surface area contributed by atoms with Gasteiger partial charge in [-0.15, -0.1) is 11.3 Å². The molecule has 3 rings (SSSR count). The lowest BCUT2D eigenvalue weighted by molar-refractivity contribution is -0.140. The van der Waals surface area contributed by atoms with Crippen LogP contribution in [0.5, 0.6) is 0 Å². The molecule has 0 amide bonds. The third kappa shape index (κ3) is 5.20. The molecule has 0 bridgehead atoms. The molecule has 1 aliphatic rings. The van der Waals surface area contributed by atoms with E-state index >= 15 is 0 Å². The normalized spacial score (nSPS) is 20.7. The summed E-state index contributed by atoms with van der Waals surface area (Å²) in [5, 5.41) is 7.62. The summed E-state index contributed by atoms with van der Waals surface area (Å²) in [7, 11) is 1.62. The summed E-state index contributed by atoms with van der Waals surface area (Å²) in [5.41, 5.74) is 0.285. The minimum atomic E-state index is -4.41. The summed E-state index contributed by atoms with van der Waals surface area (Å²) < 4.78 is 43.7. The number of ether oxygens (including phenoxy) is 1. The Bertz CT molecular complexity index is 763. The standard InChI is InChI=1S/C18H21F3N4OS/c1-22-17(24-10-15-25-14(11-27-15)18(19,20)21)23-9-13-7-8-26-16(13)12-5-3-2-4-6-12/h2-6,11,13,16H,7-10H2,1H3,(H2,22,23,24). The lowest BCUT2D eigenvalue weighted by Crippen LogP contribution is -2.39. The lowest BCUT2D eigenvalue weighted by Gasteiger charge is -2.20. The molecule has 1 aromatic heterocycles. The zero-order valence-corrected chi connectivity index (χ0v) is 15.6. The Morgan fingerprint density at radius 2 is 2.07 bits per heavy atom. The van der Waals surface area contributed by atoms with E-state index in [1.807, 2.05) is 18.2 Å². The second-order valence-electron chi connectivity index (χ2n) is 6.18. The lowest BCUT2D eigenvalue weighted by atomic mass is 9.95. The van der Waals surface area contributed by atoms with Gasteiger partial charge in [-0.25, -0.2) is 4.98 Å². The number of aliphatic imine (C=N–C) groups is 1. The van der Waals surface area contributed by atoms with Crippen molar-refractivity contribution in [3.8, 4) is 0 Å². The van der Waals surface area contributed by atoms with Crippen LogP contribution >= 0.6 is 11.3 Å². The zero-order valence-electron chi connectivity index (χ0n) is 14.8. The van der Waals surface area contributed by atoms with E-state index in [0.717, 1.165) is 28.7 Å². The average molecular weight is 398 g/mol. The molecule has 1 saturated heterocycles. The van der Waals surface area contributed by atoms with E-state index < -0.39 is 11.9 Å². The molecule has 27 heavy (non-hydrogen) atoms.